The van der Waals surface area contributed by atoms with Gasteiger partial charge in [-0.2, -0.15) is 0 Å². The average molecular weight is 182 g/mol. The third-order valence-electron chi connectivity index (χ3n) is 1.98. The summed E-state index contributed by atoms with van der Waals surface area (Å²) in [5, 5.41) is 0. The van der Waals surface area contributed by atoms with Crippen LogP contribution in [0.25, 0.3) is 0 Å². The average Bonchev–Trinajstić information content (AvgIpc) is 2.09. The summed E-state index contributed by atoms with van der Waals surface area (Å²) in [7, 11) is 0. The summed E-state index contributed by atoms with van der Waals surface area (Å²) < 4.78 is 10.8. The predicted molar refractivity (Wildman–Crippen MR) is 53.2 cm³/mol. The monoisotopic (exact) mass is 182 g/mol. The molecule has 2 nitrogen and oxygen atoms in total. The van der Waals surface area contributed by atoms with Gasteiger partial charge < -0.3 is 9.47 Å². The smallest absolute Gasteiger partial charge is 0.196 e. The Bertz CT molecular complexity index is 206. The van der Waals surface area contributed by atoms with Crippen molar-refractivity contribution in [1.82, 2.24) is 0 Å². The molecule has 0 fully saturated rings. The normalized spacial score (nSPS) is 23.9. The van der Waals surface area contributed by atoms with E-state index in [1.54, 1.807) is 0 Å². The van der Waals surface area contributed by atoms with E-state index in [-0.39, 0.29) is 6.29 Å². The fourth-order valence-electron chi connectivity index (χ4n) is 1.26. The van der Waals surface area contributed by atoms with Gasteiger partial charge in [0.05, 0.1) is 0 Å². The van der Waals surface area contributed by atoms with Crippen LogP contribution in [0.5, 0.6) is 0 Å². The van der Waals surface area contributed by atoms with E-state index in [2.05, 4.69) is 19.1 Å². The maximum absolute atomic E-state index is 5.53. The lowest BCUT2D eigenvalue weighted by Crippen LogP contribution is -2.12. The van der Waals surface area contributed by atoms with Gasteiger partial charge in [-0.05, 0) is 38.3 Å². The number of ether oxygens (including phenoxy) is 2. The van der Waals surface area contributed by atoms with Crippen molar-refractivity contribution in [3.05, 3.63) is 24.0 Å². The molecule has 1 rings (SSSR count). The molecule has 2 unspecified atom stereocenters. The predicted octanol–water partition coefficient (Wildman–Crippen LogP) is 2.87. The quantitative estimate of drug-likeness (QED) is 0.622. The van der Waals surface area contributed by atoms with Crippen LogP contribution >= 0.6 is 0 Å². The van der Waals surface area contributed by atoms with E-state index in [0.717, 1.165) is 12.2 Å². The van der Waals surface area contributed by atoms with Crippen molar-refractivity contribution in [2.75, 3.05) is 6.61 Å². The van der Waals surface area contributed by atoms with Crippen LogP contribution in [0.3, 0.4) is 0 Å². The summed E-state index contributed by atoms with van der Waals surface area (Å²) in [4.78, 5) is 0. The molecule has 0 aliphatic heterocycles. The summed E-state index contributed by atoms with van der Waals surface area (Å²) in [6, 6.07) is 0. The molecule has 0 aromatic carbocycles. The summed E-state index contributed by atoms with van der Waals surface area (Å²) in [6.07, 6.45) is 7.21. The largest absolute Gasteiger partial charge is 0.466 e. The summed E-state index contributed by atoms with van der Waals surface area (Å²) >= 11 is 0. The second-order valence-electron chi connectivity index (χ2n) is 3.32. The zero-order valence-electron chi connectivity index (χ0n) is 8.62. The first-order valence-electron chi connectivity index (χ1n) is 4.89. The molecule has 0 radical (unpaired) electrons. The Balaban J connectivity index is 2.34. The van der Waals surface area contributed by atoms with Crippen LogP contribution in [-0.4, -0.2) is 12.9 Å². The fraction of sp³-hybridized carbons (Fsp3) is 0.636. The van der Waals surface area contributed by atoms with Crippen molar-refractivity contribution in [2.45, 2.75) is 33.5 Å². The van der Waals surface area contributed by atoms with Gasteiger partial charge in [-0.15, -0.1) is 0 Å². The Morgan fingerprint density at radius 1 is 1.62 bits per heavy atom. The second kappa shape index (κ2) is 5.07. The molecule has 13 heavy (non-hydrogen) atoms. The van der Waals surface area contributed by atoms with Crippen LogP contribution < -0.4 is 0 Å². The lowest BCUT2D eigenvalue weighted by Gasteiger charge is -2.18. The first-order chi connectivity index (χ1) is 6.22. The van der Waals surface area contributed by atoms with Crippen molar-refractivity contribution >= 4 is 0 Å². The van der Waals surface area contributed by atoms with Crippen LogP contribution in [0.4, 0.5) is 0 Å². The molecule has 0 aromatic heterocycles. The van der Waals surface area contributed by atoms with E-state index < -0.39 is 0 Å². The lowest BCUT2D eigenvalue weighted by molar-refractivity contribution is -0.0961. The van der Waals surface area contributed by atoms with E-state index in [9.17, 15) is 0 Å². The third-order valence-corrected chi connectivity index (χ3v) is 1.98. The van der Waals surface area contributed by atoms with E-state index in [0.29, 0.717) is 12.5 Å². The second-order valence-corrected chi connectivity index (χ2v) is 3.32. The third kappa shape index (κ3) is 3.64. The summed E-state index contributed by atoms with van der Waals surface area (Å²) in [6.45, 7) is 6.76. The van der Waals surface area contributed by atoms with Gasteiger partial charge in [0.1, 0.15) is 5.76 Å². The lowest BCUT2D eigenvalue weighted by atomic mass is 10.0. The van der Waals surface area contributed by atoms with E-state index in [1.165, 1.54) is 0 Å². The molecule has 74 valence electrons. The van der Waals surface area contributed by atoms with Gasteiger partial charge in [0.15, 0.2) is 6.29 Å². The molecule has 0 heterocycles. The number of rotatable bonds is 4. The molecule has 0 aromatic rings. The van der Waals surface area contributed by atoms with Gasteiger partial charge >= 0.3 is 0 Å². The molecule has 1 aliphatic carbocycles. The zero-order chi connectivity index (χ0) is 9.68. The minimum atomic E-state index is -0.144. The minimum Gasteiger partial charge on any atom is -0.466 e. The maximum atomic E-state index is 5.53. The fourth-order valence-corrected chi connectivity index (χ4v) is 1.26. The Kier molecular flexibility index (Phi) is 4.03. The maximum Gasteiger partial charge on any atom is 0.196 e. The van der Waals surface area contributed by atoms with Crippen molar-refractivity contribution < 1.29 is 9.47 Å². The van der Waals surface area contributed by atoms with Crippen LogP contribution in [0.1, 0.15) is 27.2 Å². The van der Waals surface area contributed by atoms with Gasteiger partial charge in [-0.25, -0.2) is 0 Å². The first kappa shape index (κ1) is 10.3. The minimum absolute atomic E-state index is 0.144. The molecular weight excluding hydrogens is 164 g/mol. The van der Waals surface area contributed by atoms with Crippen molar-refractivity contribution in [3.63, 3.8) is 0 Å². The van der Waals surface area contributed by atoms with E-state index in [1.807, 2.05) is 19.9 Å². The highest BCUT2D eigenvalue weighted by molar-refractivity contribution is 5.17. The van der Waals surface area contributed by atoms with Crippen LogP contribution in [0.15, 0.2) is 24.0 Å². The molecule has 0 amide bonds. The van der Waals surface area contributed by atoms with Gasteiger partial charge in [0.25, 0.3) is 0 Å². The Hall–Kier alpha value is -0.760. The van der Waals surface area contributed by atoms with Crippen LogP contribution in [-0.2, 0) is 9.47 Å². The summed E-state index contributed by atoms with van der Waals surface area (Å²) in [5.74, 6) is 1.56. The number of allylic oxidation sites excluding steroid dienone is 3. The van der Waals surface area contributed by atoms with Crippen molar-refractivity contribution in [1.29, 1.82) is 0 Å². The Labute approximate surface area is 80.2 Å². The van der Waals surface area contributed by atoms with Gasteiger partial charge in [0, 0.05) is 6.61 Å². The number of hydrogen-bond donors (Lipinski definition) is 0. The molecule has 0 spiro atoms. The standard InChI is InChI=1S/C11H18O2/c1-4-12-10(3)13-11-7-5-9(2)6-8-11/h5,7-10H,4,6H2,1-3H3. The molecule has 2 atom stereocenters. The van der Waals surface area contributed by atoms with Gasteiger partial charge in [-0.1, -0.05) is 13.0 Å². The molecule has 0 saturated carbocycles. The topological polar surface area (TPSA) is 18.5 Å². The highest BCUT2D eigenvalue weighted by Crippen LogP contribution is 2.17. The SMILES string of the molecule is CCOC(C)OC1=CCC(C)C=C1. The van der Waals surface area contributed by atoms with Gasteiger partial charge in [-0.3, -0.25) is 0 Å². The van der Waals surface area contributed by atoms with E-state index in [4.69, 9.17) is 9.47 Å². The molecule has 1 aliphatic rings. The Morgan fingerprint density at radius 3 is 2.92 bits per heavy atom. The summed E-state index contributed by atoms with van der Waals surface area (Å²) in [5.41, 5.74) is 0. The molecular formula is C11H18O2. The van der Waals surface area contributed by atoms with Crippen molar-refractivity contribution in [3.8, 4) is 0 Å². The highest BCUT2D eigenvalue weighted by atomic mass is 16.7. The number of hydrogen-bond acceptors (Lipinski definition) is 2. The molecule has 2 heteroatoms. The van der Waals surface area contributed by atoms with Crippen LogP contribution in [0.2, 0.25) is 0 Å². The van der Waals surface area contributed by atoms with Gasteiger partial charge in [0.2, 0.25) is 0 Å². The van der Waals surface area contributed by atoms with E-state index >= 15 is 0 Å². The van der Waals surface area contributed by atoms with Crippen molar-refractivity contribution in [2.24, 2.45) is 5.92 Å². The first-order valence-corrected chi connectivity index (χ1v) is 4.89. The molecule has 0 N–H and O–H groups in total. The molecule has 0 saturated heterocycles. The van der Waals surface area contributed by atoms with Crippen LogP contribution in [0, 0.1) is 5.92 Å². The zero-order valence-corrected chi connectivity index (χ0v) is 8.62. The Morgan fingerprint density at radius 2 is 2.38 bits per heavy atom. The molecule has 0 bridgehead atoms. The highest BCUT2D eigenvalue weighted by Gasteiger charge is 2.07.